The van der Waals surface area contributed by atoms with Gasteiger partial charge in [-0.3, -0.25) is 9.59 Å². The molecule has 3 N–H and O–H groups in total. The van der Waals surface area contributed by atoms with E-state index in [4.69, 9.17) is 0 Å². The molecule has 3 aliphatic rings. The van der Waals surface area contributed by atoms with Crippen molar-refractivity contribution in [1.82, 2.24) is 10.6 Å². The van der Waals surface area contributed by atoms with Crippen LogP contribution in [0.25, 0.3) is 0 Å². The molecule has 0 radical (unpaired) electrons. The molecule has 3 saturated carbocycles. The lowest BCUT2D eigenvalue weighted by Crippen LogP contribution is -2.57. The summed E-state index contributed by atoms with van der Waals surface area (Å²) in [6.45, 7) is 8.44. The number of carbonyl (C=O) groups excluding carboxylic acids is 2. The Morgan fingerprint density at radius 3 is 2.26 bits per heavy atom. The summed E-state index contributed by atoms with van der Waals surface area (Å²) in [6.07, 6.45) is 4.24. The third kappa shape index (κ3) is 2.67. The molecule has 0 heterocycles. The van der Waals surface area contributed by atoms with E-state index >= 15 is 0 Å². The predicted octanol–water partition coefficient (Wildman–Crippen LogP) is 1.59. The van der Waals surface area contributed by atoms with Crippen LogP contribution in [0.15, 0.2) is 0 Å². The smallest absolute Gasteiger partial charge is 0.245 e. The number of hydrogen-bond acceptors (Lipinski definition) is 3. The van der Waals surface area contributed by atoms with E-state index in [-0.39, 0.29) is 34.6 Å². The molecular formula is C18H30N2O3. The number of fused-ring (bicyclic) bond motifs is 2. The van der Waals surface area contributed by atoms with E-state index in [1.165, 1.54) is 6.42 Å². The van der Waals surface area contributed by atoms with Gasteiger partial charge in [0.15, 0.2) is 0 Å². The van der Waals surface area contributed by atoms with Crippen molar-refractivity contribution < 1.29 is 14.7 Å². The van der Waals surface area contributed by atoms with Crippen molar-refractivity contribution in [3.63, 3.8) is 0 Å². The predicted molar refractivity (Wildman–Crippen MR) is 87.5 cm³/mol. The van der Waals surface area contributed by atoms with Crippen LogP contribution in [0.3, 0.4) is 0 Å². The number of nitrogens with one attached hydrogen (secondary N) is 2. The minimum Gasteiger partial charge on any atom is -0.391 e. The minimum absolute atomic E-state index is 0.0305. The summed E-state index contributed by atoms with van der Waals surface area (Å²) >= 11 is 0. The second-order valence-corrected chi connectivity index (χ2v) is 8.67. The molecule has 3 aliphatic carbocycles. The molecule has 23 heavy (non-hydrogen) atoms. The highest BCUT2D eigenvalue weighted by Gasteiger charge is 2.61. The van der Waals surface area contributed by atoms with Crippen LogP contribution in [0.5, 0.6) is 0 Å². The van der Waals surface area contributed by atoms with Gasteiger partial charge in [0.2, 0.25) is 11.8 Å². The first-order chi connectivity index (χ1) is 10.7. The standard InChI is InChI=1S/C18H30N2O3/c1-10(21)14(20-15(22)11-5-6-11)16(23)19-13-9-12-7-8-18(13,4)17(12,2)3/h10-14,21H,5-9H2,1-4H3,(H,19,23)(H,20,22). The summed E-state index contributed by atoms with van der Waals surface area (Å²) in [4.78, 5) is 24.6. The molecule has 0 aromatic heterocycles. The molecule has 2 bridgehead atoms. The summed E-state index contributed by atoms with van der Waals surface area (Å²) in [5, 5.41) is 15.8. The van der Waals surface area contributed by atoms with Crippen LogP contribution in [-0.4, -0.2) is 35.1 Å². The van der Waals surface area contributed by atoms with Crippen molar-refractivity contribution >= 4 is 11.8 Å². The van der Waals surface area contributed by atoms with Gasteiger partial charge in [0.05, 0.1) is 6.10 Å². The second kappa shape index (κ2) is 5.47. The van der Waals surface area contributed by atoms with Gasteiger partial charge in [-0.15, -0.1) is 0 Å². The highest BCUT2D eigenvalue weighted by Crippen LogP contribution is 2.65. The maximum Gasteiger partial charge on any atom is 0.245 e. The molecule has 5 unspecified atom stereocenters. The summed E-state index contributed by atoms with van der Waals surface area (Å²) < 4.78 is 0. The molecule has 5 atom stereocenters. The van der Waals surface area contributed by atoms with Crippen molar-refractivity contribution in [2.45, 2.75) is 78.0 Å². The summed E-state index contributed by atoms with van der Waals surface area (Å²) in [6, 6.07) is -0.725. The van der Waals surface area contributed by atoms with Gasteiger partial charge in [-0.1, -0.05) is 20.8 Å². The van der Waals surface area contributed by atoms with Crippen LogP contribution in [-0.2, 0) is 9.59 Å². The first-order valence-corrected chi connectivity index (χ1v) is 8.95. The van der Waals surface area contributed by atoms with Crippen molar-refractivity contribution in [3.8, 4) is 0 Å². The van der Waals surface area contributed by atoms with Crippen molar-refractivity contribution in [2.24, 2.45) is 22.7 Å². The molecule has 2 amide bonds. The molecule has 3 rings (SSSR count). The van der Waals surface area contributed by atoms with E-state index in [2.05, 4.69) is 31.4 Å². The van der Waals surface area contributed by atoms with Crippen molar-refractivity contribution in [1.29, 1.82) is 0 Å². The van der Waals surface area contributed by atoms with Crippen LogP contribution in [0.4, 0.5) is 0 Å². The zero-order valence-corrected chi connectivity index (χ0v) is 14.7. The number of aliphatic hydroxyl groups is 1. The van der Waals surface area contributed by atoms with Crippen LogP contribution in [0.1, 0.15) is 59.8 Å². The summed E-state index contributed by atoms with van der Waals surface area (Å²) in [7, 11) is 0. The molecule has 0 spiro atoms. The Morgan fingerprint density at radius 2 is 1.83 bits per heavy atom. The maximum absolute atomic E-state index is 12.7. The molecule has 0 saturated heterocycles. The highest BCUT2D eigenvalue weighted by molar-refractivity contribution is 5.90. The molecular weight excluding hydrogens is 292 g/mol. The van der Waals surface area contributed by atoms with Crippen LogP contribution in [0.2, 0.25) is 0 Å². The van der Waals surface area contributed by atoms with E-state index < -0.39 is 12.1 Å². The van der Waals surface area contributed by atoms with Crippen molar-refractivity contribution in [2.75, 3.05) is 0 Å². The third-order valence-electron chi connectivity index (χ3n) is 7.12. The van der Waals surface area contributed by atoms with Gasteiger partial charge in [0.1, 0.15) is 6.04 Å². The number of hydrogen-bond donors (Lipinski definition) is 3. The fraction of sp³-hybridized carbons (Fsp3) is 0.889. The number of carbonyl (C=O) groups is 2. The van der Waals surface area contributed by atoms with Gasteiger partial charge in [0.25, 0.3) is 0 Å². The van der Waals surface area contributed by atoms with E-state index in [1.807, 2.05) is 0 Å². The zero-order chi connectivity index (χ0) is 17.0. The van der Waals surface area contributed by atoms with Gasteiger partial charge in [-0.05, 0) is 55.8 Å². The van der Waals surface area contributed by atoms with Gasteiger partial charge in [-0.25, -0.2) is 0 Å². The molecule has 5 heteroatoms. The lowest BCUT2D eigenvalue weighted by molar-refractivity contribution is -0.133. The average Bonchev–Trinajstić information content (AvgIpc) is 3.25. The molecule has 5 nitrogen and oxygen atoms in total. The van der Waals surface area contributed by atoms with E-state index in [9.17, 15) is 14.7 Å². The Kier molecular flexibility index (Phi) is 3.98. The fourth-order valence-electron chi connectivity index (χ4n) is 4.71. The Morgan fingerprint density at radius 1 is 1.17 bits per heavy atom. The average molecular weight is 322 g/mol. The SMILES string of the molecule is CC(O)C(NC(=O)C1CC1)C(=O)NC1CC2CCC1(C)C2(C)C. The Bertz CT molecular complexity index is 512. The Labute approximate surface area is 138 Å². The normalized spacial score (nSPS) is 37.3. The summed E-state index contributed by atoms with van der Waals surface area (Å²) in [5.74, 6) is 0.320. The van der Waals surface area contributed by atoms with Crippen LogP contribution in [0, 0.1) is 22.7 Å². The number of aliphatic hydroxyl groups excluding tert-OH is 1. The van der Waals surface area contributed by atoms with Gasteiger partial charge in [-0.2, -0.15) is 0 Å². The molecule has 0 aromatic carbocycles. The molecule has 0 aliphatic heterocycles. The third-order valence-corrected chi connectivity index (χ3v) is 7.12. The van der Waals surface area contributed by atoms with Crippen molar-refractivity contribution in [3.05, 3.63) is 0 Å². The van der Waals surface area contributed by atoms with E-state index in [0.29, 0.717) is 5.92 Å². The fourth-order valence-corrected chi connectivity index (χ4v) is 4.71. The maximum atomic E-state index is 12.7. The molecule has 130 valence electrons. The first kappa shape index (κ1) is 16.7. The lowest BCUT2D eigenvalue weighted by Gasteiger charge is -2.40. The summed E-state index contributed by atoms with van der Waals surface area (Å²) in [5.41, 5.74) is 0.319. The van der Waals surface area contributed by atoms with Gasteiger partial charge >= 0.3 is 0 Å². The minimum atomic E-state index is -0.892. The topological polar surface area (TPSA) is 78.4 Å². The molecule has 0 aromatic rings. The number of amides is 2. The van der Waals surface area contributed by atoms with Crippen LogP contribution >= 0.6 is 0 Å². The first-order valence-electron chi connectivity index (χ1n) is 8.95. The largest absolute Gasteiger partial charge is 0.391 e. The monoisotopic (exact) mass is 322 g/mol. The van der Waals surface area contributed by atoms with Gasteiger partial charge < -0.3 is 15.7 Å². The zero-order valence-electron chi connectivity index (χ0n) is 14.7. The van der Waals surface area contributed by atoms with Crippen LogP contribution < -0.4 is 10.6 Å². The van der Waals surface area contributed by atoms with E-state index in [1.54, 1.807) is 6.92 Å². The second-order valence-electron chi connectivity index (χ2n) is 8.67. The van der Waals surface area contributed by atoms with Gasteiger partial charge in [0, 0.05) is 12.0 Å². The quantitative estimate of drug-likeness (QED) is 0.719. The Balaban J connectivity index is 1.66. The number of rotatable bonds is 5. The lowest BCUT2D eigenvalue weighted by atomic mass is 9.69. The molecule has 3 fully saturated rings. The van der Waals surface area contributed by atoms with E-state index in [0.717, 1.165) is 25.7 Å². The highest BCUT2D eigenvalue weighted by atomic mass is 16.3. The Hall–Kier alpha value is -1.10.